The Hall–Kier alpha value is -1.06. The van der Waals surface area contributed by atoms with E-state index in [1.165, 1.54) is 12.8 Å². The first-order chi connectivity index (χ1) is 8.65. The largest absolute Gasteiger partial charge is 0.356 e. The minimum atomic E-state index is 0.222. The molecule has 2 unspecified atom stereocenters. The summed E-state index contributed by atoms with van der Waals surface area (Å²) in [5.41, 5.74) is 0. The zero-order valence-electron chi connectivity index (χ0n) is 11.6. The van der Waals surface area contributed by atoms with Gasteiger partial charge in [-0.2, -0.15) is 0 Å². The van der Waals surface area contributed by atoms with Crippen LogP contribution in [0.25, 0.3) is 0 Å². The fraction of sp³-hybridized carbons (Fsp3) is 0.857. The molecule has 2 aliphatic rings. The summed E-state index contributed by atoms with van der Waals surface area (Å²) in [4.78, 5) is 21.3. The molecule has 0 aromatic heterocycles. The zero-order valence-corrected chi connectivity index (χ0v) is 11.6. The van der Waals surface area contributed by atoms with Crippen LogP contribution in [0.5, 0.6) is 0 Å². The first kappa shape index (κ1) is 15.0. The predicted molar refractivity (Wildman–Crippen MR) is 72.0 cm³/mol. The second kappa shape index (κ2) is 8.11. The molecule has 18 heavy (non-hydrogen) atoms. The maximum Gasteiger partial charge on any atom is 0.220 e. The van der Waals surface area contributed by atoms with Gasteiger partial charge in [-0.1, -0.05) is 26.7 Å². The maximum absolute atomic E-state index is 10.7. The number of nitrogens with one attached hydrogen (secondary N) is 2. The molecule has 2 rings (SSSR count). The summed E-state index contributed by atoms with van der Waals surface area (Å²) < 4.78 is 0. The lowest BCUT2D eigenvalue weighted by atomic mass is 9.95. The molecular formula is C14H26N2O2. The van der Waals surface area contributed by atoms with Crippen molar-refractivity contribution in [2.75, 3.05) is 13.1 Å². The lowest BCUT2D eigenvalue weighted by molar-refractivity contribution is -0.124. The van der Waals surface area contributed by atoms with Crippen LogP contribution in [0.3, 0.4) is 0 Å². The quantitative estimate of drug-likeness (QED) is 0.790. The van der Waals surface area contributed by atoms with Gasteiger partial charge in [-0.25, -0.2) is 0 Å². The van der Waals surface area contributed by atoms with Gasteiger partial charge in [0.1, 0.15) is 0 Å². The zero-order chi connectivity index (χ0) is 13.4. The average molecular weight is 254 g/mol. The molecule has 2 heterocycles. The second-order valence-electron chi connectivity index (χ2n) is 5.23. The Morgan fingerprint density at radius 2 is 1.72 bits per heavy atom. The molecule has 2 fully saturated rings. The first-order valence-corrected chi connectivity index (χ1v) is 7.19. The number of piperidine rings is 2. The van der Waals surface area contributed by atoms with Gasteiger partial charge in [0, 0.05) is 25.9 Å². The average Bonchev–Trinajstić information content (AvgIpc) is 2.40. The molecule has 2 aliphatic heterocycles. The lowest BCUT2D eigenvalue weighted by Gasteiger charge is -2.20. The van der Waals surface area contributed by atoms with E-state index < -0.39 is 0 Å². The normalized spacial score (nSPS) is 27.7. The minimum Gasteiger partial charge on any atom is -0.356 e. The van der Waals surface area contributed by atoms with E-state index in [0.29, 0.717) is 5.92 Å². The van der Waals surface area contributed by atoms with Crippen molar-refractivity contribution in [1.82, 2.24) is 10.6 Å². The molecule has 0 aliphatic carbocycles. The maximum atomic E-state index is 10.7. The van der Waals surface area contributed by atoms with Crippen molar-refractivity contribution >= 4 is 11.8 Å². The molecule has 104 valence electrons. The van der Waals surface area contributed by atoms with E-state index in [2.05, 4.69) is 24.5 Å². The van der Waals surface area contributed by atoms with E-state index in [9.17, 15) is 9.59 Å². The molecule has 4 nitrogen and oxygen atoms in total. The Balaban J connectivity index is 0.000000180. The van der Waals surface area contributed by atoms with Gasteiger partial charge >= 0.3 is 0 Å². The van der Waals surface area contributed by atoms with Crippen LogP contribution in [0.2, 0.25) is 0 Å². The fourth-order valence-corrected chi connectivity index (χ4v) is 2.33. The van der Waals surface area contributed by atoms with E-state index in [4.69, 9.17) is 0 Å². The van der Waals surface area contributed by atoms with Crippen LogP contribution in [0.1, 0.15) is 52.4 Å². The number of carbonyl (C=O) groups excluding carboxylic acids is 2. The molecule has 0 radical (unpaired) electrons. The number of carbonyl (C=O) groups is 2. The van der Waals surface area contributed by atoms with E-state index in [-0.39, 0.29) is 11.8 Å². The highest BCUT2D eigenvalue weighted by molar-refractivity contribution is 5.77. The highest BCUT2D eigenvalue weighted by atomic mass is 16.2. The van der Waals surface area contributed by atoms with Crippen molar-refractivity contribution in [1.29, 1.82) is 0 Å². The van der Waals surface area contributed by atoms with Gasteiger partial charge in [0.25, 0.3) is 0 Å². The summed E-state index contributed by atoms with van der Waals surface area (Å²) in [5.74, 6) is 1.84. The SMILES string of the molecule is CCC1CCC(=O)NC1.CCC1CCNC(=O)C1. The Labute approximate surface area is 110 Å². The summed E-state index contributed by atoms with van der Waals surface area (Å²) in [6, 6.07) is 0. The van der Waals surface area contributed by atoms with E-state index in [1.807, 2.05) is 0 Å². The molecule has 0 spiro atoms. The van der Waals surface area contributed by atoms with Crippen LogP contribution in [-0.4, -0.2) is 24.9 Å². The Kier molecular flexibility index (Phi) is 6.76. The smallest absolute Gasteiger partial charge is 0.220 e. The van der Waals surface area contributed by atoms with Crippen LogP contribution in [0.4, 0.5) is 0 Å². The number of hydrogen-bond acceptors (Lipinski definition) is 2. The molecular weight excluding hydrogens is 228 g/mol. The summed E-state index contributed by atoms with van der Waals surface area (Å²) in [7, 11) is 0. The highest BCUT2D eigenvalue weighted by Crippen LogP contribution is 2.15. The summed E-state index contributed by atoms with van der Waals surface area (Å²) in [6.07, 6.45) is 6.08. The van der Waals surface area contributed by atoms with Crippen molar-refractivity contribution in [2.24, 2.45) is 11.8 Å². The molecule has 4 heteroatoms. The predicted octanol–water partition coefficient (Wildman–Crippen LogP) is 1.85. The number of rotatable bonds is 2. The summed E-state index contributed by atoms with van der Waals surface area (Å²) in [5, 5.41) is 5.65. The van der Waals surface area contributed by atoms with Crippen LogP contribution in [0.15, 0.2) is 0 Å². The van der Waals surface area contributed by atoms with Crippen molar-refractivity contribution in [3.8, 4) is 0 Å². The van der Waals surface area contributed by atoms with Gasteiger partial charge < -0.3 is 10.6 Å². The topological polar surface area (TPSA) is 58.2 Å². The van der Waals surface area contributed by atoms with Crippen molar-refractivity contribution in [2.45, 2.75) is 52.4 Å². The van der Waals surface area contributed by atoms with Gasteiger partial charge in [-0.3, -0.25) is 9.59 Å². The lowest BCUT2D eigenvalue weighted by Crippen LogP contribution is -2.34. The van der Waals surface area contributed by atoms with Gasteiger partial charge in [0.2, 0.25) is 11.8 Å². The van der Waals surface area contributed by atoms with E-state index in [0.717, 1.165) is 44.7 Å². The van der Waals surface area contributed by atoms with Crippen molar-refractivity contribution in [3.05, 3.63) is 0 Å². The van der Waals surface area contributed by atoms with E-state index >= 15 is 0 Å². The molecule has 0 aromatic rings. The Bertz CT molecular complexity index is 269. The molecule has 0 bridgehead atoms. The molecule has 2 atom stereocenters. The van der Waals surface area contributed by atoms with E-state index in [1.54, 1.807) is 0 Å². The Morgan fingerprint density at radius 1 is 1.00 bits per heavy atom. The third-order valence-electron chi connectivity index (χ3n) is 3.87. The summed E-state index contributed by atoms with van der Waals surface area (Å²) in [6.45, 7) is 6.10. The molecule has 2 amide bonds. The van der Waals surface area contributed by atoms with Crippen LogP contribution in [0, 0.1) is 11.8 Å². The minimum absolute atomic E-state index is 0.222. The molecule has 2 saturated heterocycles. The van der Waals surface area contributed by atoms with Gasteiger partial charge in [0.15, 0.2) is 0 Å². The molecule has 0 aromatic carbocycles. The Morgan fingerprint density at radius 3 is 2.17 bits per heavy atom. The highest BCUT2D eigenvalue weighted by Gasteiger charge is 2.16. The monoisotopic (exact) mass is 254 g/mol. The first-order valence-electron chi connectivity index (χ1n) is 7.19. The van der Waals surface area contributed by atoms with Crippen LogP contribution >= 0.6 is 0 Å². The van der Waals surface area contributed by atoms with Crippen molar-refractivity contribution in [3.63, 3.8) is 0 Å². The standard InChI is InChI=1S/2C7H13NO/c1-2-6-3-4-8-7(9)5-6;1-2-6-3-4-7(9)8-5-6/h2*6H,2-5H2,1H3,(H,8,9). The number of hydrogen-bond donors (Lipinski definition) is 2. The van der Waals surface area contributed by atoms with Crippen LogP contribution < -0.4 is 10.6 Å². The second-order valence-corrected chi connectivity index (χ2v) is 5.23. The summed E-state index contributed by atoms with van der Waals surface area (Å²) >= 11 is 0. The van der Waals surface area contributed by atoms with Gasteiger partial charge in [-0.15, -0.1) is 0 Å². The third-order valence-corrected chi connectivity index (χ3v) is 3.87. The molecule has 2 N–H and O–H groups in total. The third kappa shape index (κ3) is 5.52. The fourth-order valence-electron chi connectivity index (χ4n) is 2.33. The van der Waals surface area contributed by atoms with Gasteiger partial charge in [0.05, 0.1) is 0 Å². The number of amides is 2. The molecule has 0 saturated carbocycles. The van der Waals surface area contributed by atoms with Crippen LogP contribution in [-0.2, 0) is 9.59 Å². The van der Waals surface area contributed by atoms with Crippen molar-refractivity contribution < 1.29 is 9.59 Å². The van der Waals surface area contributed by atoms with Gasteiger partial charge in [-0.05, 0) is 24.7 Å².